The van der Waals surface area contributed by atoms with Gasteiger partial charge in [-0.15, -0.1) is 6.58 Å². The summed E-state index contributed by atoms with van der Waals surface area (Å²) in [7, 11) is 0. The maximum atomic E-state index is 10.1. The predicted octanol–water partition coefficient (Wildman–Crippen LogP) is 0.220. The molecular weight excluding hydrogens is 118 g/mol. The molecular formula is C6H11NO2. The highest BCUT2D eigenvalue weighted by Gasteiger charge is 2.15. The van der Waals surface area contributed by atoms with Gasteiger partial charge in [-0.2, -0.15) is 0 Å². The lowest BCUT2D eigenvalue weighted by molar-refractivity contribution is -0.139. The van der Waals surface area contributed by atoms with Crippen LogP contribution < -0.4 is 5.73 Å². The van der Waals surface area contributed by atoms with Crippen molar-refractivity contribution < 1.29 is 9.90 Å². The molecule has 9 heavy (non-hydrogen) atoms. The van der Waals surface area contributed by atoms with Gasteiger partial charge in [-0.05, 0) is 5.92 Å². The lowest BCUT2D eigenvalue weighted by Gasteiger charge is -2.09. The summed E-state index contributed by atoms with van der Waals surface area (Å²) >= 11 is 0. The molecule has 0 aliphatic heterocycles. The Labute approximate surface area is 54.2 Å². The molecule has 3 heteroatoms. The van der Waals surface area contributed by atoms with Crippen LogP contribution in [0.1, 0.15) is 6.92 Å². The van der Waals surface area contributed by atoms with Crippen LogP contribution in [-0.2, 0) is 4.79 Å². The molecule has 2 atom stereocenters. The molecule has 0 aromatic carbocycles. The van der Waals surface area contributed by atoms with Crippen molar-refractivity contribution in [1.29, 1.82) is 0 Å². The Morgan fingerprint density at radius 3 is 2.44 bits per heavy atom. The van der Waals surface area contributed by atoms with Gasteiger partial charge in [-0.1, -0.05) is 13.0 Å². The Balaban J connectivity index is 3.86. The molecule has 0 bridgehead atoms. The summed E-state index contributed by atoms with van der Waals surface area (Å²) in [6.07, 6.45) is 1.53. The summed E-state index contributed by atoms with van der Waals surface area (Å²) < 4.78 is 0. The summed E-state index contributed by atoms with van der Waals surface area (Å²) in [5, 5.41) is 8.31. The van der Waals surface area contributed by atoms with Gasteiger partial charge in [0.15, 0.2) is 0 Å². The quantitative estimate of drug-likeness (QED) is 0.536. The molecule has 0 unspecified atom stereocenters. The highest BCUT2D eigenvalue weighted by Crippen LogP contribution is 1.99. The molecule has 0 aromatic rings. The number of hydrogen-bond donors (Lipinski definition) is 2. The smallest absolute Gasteiger partial charge is 0.321 e. The van der Waals surface area contributed by atoms with Crippen molar-refractivity contribution in [2.24, 2.45) is 11.7 Å². The third-order valence-electron chi connectivity index (χ3n) is 1.22. The second-order valence-corrected chi connectivity index (χ2v) is 1.96. The van der Waals surface area contributed by atoms with Crippen molar-refractivity contribution in [3.05, 3.63) is 12.7 Å². The van der Waals surface area contributed by atoms with Crippen LogP contribution in [0.15, 0.2) is 12.7 Å². The van der Waals surface area contributed by atoms with E-state index < -0.39 is 12.0 Å². The van der Waals surface area contributed by atoms with Gasteiger partial charge in [-0.25, -0.2) is 0 Å². The molecule has 0 spiro atoms. The molecule has 0 radical (unpaired) electrons. The number of carboxylic acids is 1. The van der Waals surface area contributed by atoms with Crippen LogP contribution in [0.5, 0.6) is 0 Å². The van der Waals surface area contributed by atoms with E-state index in [-0.39, 0.29) is 5.92 Å². The summed E-state index contributed by atoms with van der Waals surface area (Å²) in [6.45, 7) is 5.13. The number of rotatable bonds is 3. The Morgan fingerprint density at radius 2 is 2.33 bits per heavy atom. The van der Waals surface area contributed by atoms with Gasteiger partial charge >= 0.3 is 5.97 Å². The normalized spacial score (nSPS) is 16.2. The zero-order valence-electron chi connectivity index (χ0n) is 5.37. The second kappa shape index (κ2) is 3.25. The fraction of sp³-hybridized carbons (Fsp3) is 0.500. The standard InChI is InChI=1S/C6H11NO2/c1-3-4(2)5(7)6(8)9/h3-5H,1,7H2,2H3,(H,8,9)/t4-,5+/m1/s1. The van der Waals surface area contributed by atoms with Gasteiger partial charge in [0.2, 0.25) is 0 Å². The minimum Gasteiger partial charge on any atom is -0.480 e. The molecule has 52 valence electrons. The molecule has 0 heterocycles. The molecule has 0 aliphatic rings. The van der Waals surface area contributed by atoms with Crippen molar-refractivity contribution in [2.75, 3.05) is 0 Å². The van der Waals surface area contributed by atoms with Gasteiger partial charge in [0.25, 0.3) is 0 Å². The van der Waals surface area contributed by atoms with E-state index in [1.807, 2.05) is 0 Å². The van der Waals surface area contributed by atoms with E-state index in [2.05, 4.69) is 6.58 Å². The summed E-state index contributed by atoms with van der Waals surface area (Å²) in [5.41, 5.74) is 5.20. The topological polar surface area (TPSA) is 63.3 Å². The van der Waals surface area contributed by atoms with E-state index in [1.165, 1.54) is 6.08 Å². The molecule has 0 rings (SSSR count). The SMILES string of the molecule is C=C[C@@H](C)[C@H](N)C(=O)O. The predicted molar refractivity (Wildman–Crippen MR) is 35.0 cm³/mol. The van der Waals surface area contributed by atoms with Gasteiger partial charge in [0.05, 0.1) is 0 Å². The minimum atomic E-state index is -0.984. The number of carboxylic acid groups (broad SMARTS) is 1. The minimum absolute atomic E-state index is 0.164. The van der Waals surface area contributed by atoms with E-state index in [0.717, 1.165) is 0 Å². The largest absolute Gasteiger partial charge is 0.480 e. The fourth-order valence-electron chi connectivity index (χ4n) is 0.372. The molecule has 3 nitrogen and oxygen atoms in total. The number of nitrogens with two attached hydrogens (primary N) is 1. The lowest BCUT2D eigenvalue weighted by atomic mass is 10.0. The number of aliphatic carboxylic acids is 1. The molecule has 3 N–H and O–H groups in total. The van der Waals surface area contributed by atoms with E-state index in [9.17, 15) is 4.79 Å². The maximum Gasteiger partial charge on any atom is 0.321 e. The van der Waals surface area contributed by atoms with Crippen LogP contribution in [0, 0.1) is 5.92 Å². The van der Waals surface area contributed by atoms with Crippen molar-refractivity contribution in [2.45, 2.75) is 13.0 Å². The average molecular weight is 129 g/mol. The van der Waals surface area contributed by atoms with Crippen LogP contribution in [-0.4, -0.2) is 17.1 Å². The lowest BCUT2D eigenvalue weighted by Crippen LogP contribution is -2.35. The summed E-state index contributed by atoms with van der Waals surface area (Å²) in [5.74, 6) is -1.15. The number of hydrogen-bond acceptors (Lipinski definition) is 2. The van der Waals surface area contributed by atoms with E-state index in [0.29, 0.717) is 0 Å². The summed E-state index contributed by atoms with van der Waals surface area (Å²) in [6, 6.07) is -0.817. The van der Waals surface area contributed by atoms with Gasteiger partial charge in [-0.3, -0.25) is 4.79 Å². The molecule has 0 fully saturated rings. The molecule has 0 saturated carbocycles. The van der Waals surface area contributed by atoms with E-state index in [4.69, 9.17) is 10.8 Å². The van der Waals surface area contributed by atoms with Gasteiger partial charge < -0.3 is 10.8 Å². The third kappa shape index (κ3) is 2.28. The van der Waals surface area contributed by atoms with Crippen LogP contribution >= 0.6 is 0 Å². The highest BCUT2D eigenvalue weighted by molar-refractivity contribution is 5.73. The molecule has 0 amide bonds. The van der Waals surface area contributed by atoms with Crippen molar-refractivity contribution in [3.63, 3.8) is 0 Å². The first-order valence-corrected chi connectivity index (χ1v) is 2.70. The average Bonchev–Trinajstić information content (AvgIpc) is 1.84. The van der Waals surface area contributed by atoms with Crippen LogP contribution in [0.25, 0.3) is 0 Å². The number of carbonyl (C=O) groups is 1. The van der Waals surface area contributed by atoms with Crippen LogP contribution in [0.3, 0.4) is 0 Å². The van der Waals surface area contributed by atoms with E-state index >= 15 is 0 Å². The zero-order valence-corrected chi connectivity index (χ0v) is 5.37. The first-order valence-electron chi connectivity index (χ1n) is 2.70. The van der Waals surface area contributed by atoms with E-state index in [1.54, 1.807) is 6.92 Å². The Bertz CT molecular complexity index is 122. The maximum absolute atomic E-state index is 10.1. The third-order valence-corrected chi connectivity index (χ3v) is 1.22. The Hall–Kier alpha value is -0.830. The van der Waals surface area contributed by atoms with Crippen LogP contribution in [0.4, 0.5) is 0 Å². The first-order chi connectivity index (χ1) is 4.09. The second-order valence-electron chi connectivity index (χ2n) is 1.96. The Kier molecular flexibility index (Phi) is 2.95. The Morgan fingerprint density at radius 1 is 1.89 bits per heavy atom. The summed E-state index contributed by atoms with van der Waals surface area (Å²) in [4.78, 5) is 10.1. The van der Waals surface area contributed by atoms with Crippen molar-refractivity contribution >= 4 is 5.97 Å². The fourth-order valence-corrected chi connectivity index (χ4v) is 0.372. The van der Waals surface area contributed by atoms with Crippen LogP contribution in [0.2, 0.25) is 0 Å². The molecule has 0 aromatic heterocycles. The van der Waals surface area contributed by atoms with Crippen molar-refractivity contribution in [3.8, 4) is 0 Å². The first kappa shape index (κ1) is 8.17. The zero-order chi connectivity index (χ0) is 7.44. The highest BCUT2D eigenvalue weighted by atomic mass is 16.4. The monoisotopic (exact) mass is 129 g/mol. The van der Waals surface area contributed by atoms with Gasteiger partial charge in [0.1, 0.15) is 6.04 Å². The van der Waals surface area contributed by atoms with Crippen molar-refractivity contribution in [1.82, 2.24) is 0 Å². The molecule has 0 aliphatic carbocycles. The molecule has 0 saturated heterocycles. The van der Waals surface area contributed by atoms with Gasteiger partial charge in [0, 0.05) is 0 Å².